The first-order valence-corrected chi connectivity index (χ1v) is 4.08. The third-order valence-corrected chi connectivity index (χ3v) is 1.68. The molecule has 1 aliphatic heterocycles. The van der Waals surface area contributed by atoms with E-state index in [-0.39, 0.29) is 0 Å². The second-order valence-electron chi connectivity index (χ2n) is 2.64. The molecule has 0 aromatic rings. The smallest absolute Gasteiger partial charge is 0.0698 e. The summed E-state index contributed by atoms with van der Waals surface area (Å²) in [6, 6.07) is 0.478. The molecule has 0 spiro atoms. The molecule has 66 valence electrons. The van der Waals surface area contributed by atoms with Crippen molar-refractivity contribution in [1.29, 1.82) is 0 Å². The van der Waals surface area contributed by atoms with Crippen LogP contribution in [0.5, 0.6) is 0 Å². The Morgan fingerprint density at radius 1 is 1.58 bits per heavy atom. The van der Waals surface area contributed by atoms with Gasteiger partial charge in [-0.15, -0.1) is 0 Å². The van der Waals surface area contributed by atoms with Gasteiger partial charge in [-0.3, -0.25) is 4.99 Å². The topological polar surface area (TPSA) is 33.6 Å². The Labute approximate surface area is 72.8 Å². The minimum Gasteiger partial charge on any atom is -0.301 e. The maximum absolute atomic E-state index is 5.00. The van der Waals surface area contributed by atoms with Crippen LogP contribution >= 0.6 is 0 Å². The van der Waals surface area contributed by atoms with Crippen LogP contribution in [0.4, 0.5) is 0 Å². The van der Waals surface area contributed by atoms with Gasteiger partial charge in [0.15, 0.2) is 0 Å². The summed E-state index contributed by atoms with van der Waals surface area (Å²) in [6.07, 6.45) is 9.68. The zero-order valence-corrected chi connectivity index (χ0v) is 7.07. The summed E-state index contributed by atoms with van der Waals surface area (Å²) in [5, 5.41) is 0. The van der Waals surface area contributed by atoms with Crippen molar-refractivity contribution in [1.82, 2.24) is 5.48 Å². The number of allylic oxidation sites excluding steroid dienone is 2. The molecule has 12 heavy (non-hydrogen) atoms. The lowest BCUT2D eigenvalue weighted by Crippen LogP contribution is -2.18. The summed E-state index contributed by atoms with van der Waals surface area (Å²) in [6.45, 7) is 4.15. The number of hydrogen-bond acceptors (Lipinski definition) is 3. The Morgan fingerprint density at radius 2 is 2.50 bits per heavy atom. The van der Waals surface area contributed by atoms with Crippen LogP contribution in [0.15, 0.2) is 29.4 Å². The molecule has 1 aliphatic rings. The summed E-state index contributed by atoms with van der Waals surface area (Å²) in [4.78, 5) is 8.59. The summed E-state index contributed by atoms with van der Waals surface area (Å²) in [5.41, 5.74) is 2.94. The van der Waals surface area contributed by atoms with Crippen molar-refractivity contribution in [3.05, 3.63) is 24.4 Å². The largest absolute Gasteiger partial charge is 0.301 e. The highest BCUT2D eigenvalue weighted by Crippen LogP contribution is 2.05. The van der Waals surface area contributed by atoms with Gasteiger partial charge in [0.05, 0.1) is 6.61 Å². The van der Waals surface area contributed by atoms with Gasteiger partial charge in [0, 0.05) is 12.2 Å². The van der Waals surface area contributed by atoms with E-state index in [1.54, 1.807) is 6.20 Å². The van der Waals surface area contributed by atoms with Crippen molar-refractivity contribution < 1.29 is 4.84 Å². The van der Waals surface area contributed by atoms with Crippen molar-refractivity contribution in [3.63, 3.8) is 0 Å². The normalized spacial score (nSPS) is 24.2. The lowest BCUT2D eigenvalue weighted by molar-refractivity contribution is 0.0887. The van der Waals surface area contributed by atoms with Crippen molar-refractivity contribution >= 4 is 6.72 Å². The molecule has 0 saturated carbocycles. The number of aliphatic imine (C=N–C) groups is 1. The molecule has 3 nitrogen and oxygen atoms in total. The Morgan fingerprint density at radius 3 is 3.17 bits per heavy atom. The molecule has 0 aliphatic carbocycles. The molecule has 0 bridgehead atoms. The molecule has 1 rings (SSSR count). The molecule has 1 N–H and O–H groups in total. The van der Waals surface area contributed by atoms with Crippen LogP contribution in [0.2, 0.25) is 0 Å². The van der Waals surface area contributed by atoms with E-state index in [4.69, 9.17) is 4.84 Å². The zero-order valence-electron chi connectivity index (χ0n) is 7.07. The van der Waals surface area contributed by atoms with Gasteiger partial charge < -0.3 is 4.84 Å². The maximum atomic E-state index is 5.00. The molecule has 3 heteroatoms. The van der Waals surface area contributed by atoms with Crippen LogP contribution in [0.1, 0.15) is 12.8 Å². The minimum absolute atomic E-state index is 0.478. The van der Waals surface area contributed by atoms with Crippen molar-refractivity contribution in [2.75, 3.05) is 6.61 Å². The second-order valence-corrected chi connectivity index (χ2v) is 2.64. The Balaban J connectivity index is 2.11. The highest BCUT2D eigenvalue weighted by molar-refractivity contribution is 5.26. The first-order valence-electron chi connectivity index (χ1n) is 4.08. The first-order chi connectivity index (χ1) is 5.93. The van der Waals surface area contributed by atoms with Crippen LogP contribution < -0.4 is 5.48 Å². The fourth-order valence-electron chi connectivity index (χ4n) is 1.03. The van der Waals surface area contributed by atoms with Crippen LogP contribution in [-0.2, 0) is 4.84 Å². The van der Waals surface area contributed by atoms with E-state index in [9.17, 15) is 0 Å². The number of nitrogens with zero attached hydrogens (tertiary/aromatic N) is 1. The van der Waals surface area contributed by atoms with Gasteiger partial charge in [0.2, 0.25) is 0 Å². The van der Waals surface area contributed by atoms with Gasteiger partial charge in [-0.05, 0) is 25.6 Å². The highest BCUT2D eigenvalue weighted by atomic mass is 16.7. The molecule has 1 fully saturated rings. The number of hydroxylamine groups is 1. The van der Waals surface area contributed by atoms with Crippen LogP contribution in [-0.4, -0.2) is 19.4 Å². The van der Waals surface area contributed by atoms with Crippen molar-refractivity contribution in [3.8, 4) is 0 Å². The van der Waals surface area contributed by atoms with Crippen molar-refractivity contribution in [2.24, 2.45) is 4.99 Å². The predicted molar refractivity (Wildman–Crippen MR) is 49.9 cm³/mol. The Kier molecular flexibility index (Phi) is 4.34. The fraction of sp³-hybridized carbons (Fsp3) is 0.444. The first kappa shape index (κ1) is 9.16. The Bertz CT molecular complexity index is 181. The van der Waals surface area contributed by atoms with Crippen LogP contribution in [0, 0.1) is 0 Å². The SMILES string of the molecule is C=N/C=C\C=C/C[C@@H]1CCON1. The molecular formula is C9H14N2O. The average molecular weight is 166 g/mol. The van der Waals surface area contributed by atoms with Gasteiger partial charge in [0.25, 0.3) is 0 Å². The fourth-order valence-corrected chi connectivity index (χ4v) is 1.03. The van der Waals surface area contributed by atoms with Gasteiger partial charge in [-0.1, -0.05) is 12.2 Å². The van der Waals surface area contributed by atoms with Crippen LogP contribution in [0.3, 0.4) is 0 Å². The molecule has 0 radical (unpaired) electrons. The zero-order chi connectivity index (χ0) is 8.65. The predicted octanol–water partition coefficient (Wildman–Crippen LogP) is 1.44. The minimum atomic E-state index is 0.478. The third kappa shape index (κ3) is 3.46. The lowest BCUT2D eigenvalue weighted by Gasteiger charge is -2.01. The second kappa shape index (κ2) is 5.69. The molecule has 0 amide bonds. The maximum Gasteiger partial charge on any atom is 0.0698 e. The van der Waals surface area contributed by atoms with E-state index in [0.29, 0.717) is 6.04 Å². The number of rotatable bonds is 4. The summed E-state index contributed by atoms with van der Waals surface area (Å²) in [7, 11) is 0. The van der Waals surface area contributed by atoms with Gasteiger partial charge >= 0.3 is 0 Å². The van der Waals surface area contributed by atoms with Crippen LogP contribution in [0.25, 0.3) is 0 Å². The van der Waals surface area contributed by atoms with E-state index in [2.05, 4.69) is 23.3 Å². The molecule has 0 aromatic heterocycles. The summed E-state index contributed by atoms with van der Waals surface area (Å²) >= 11 is 0. The lowest BCUT2D eigenvalue weighted by atomic mass is 10.1. The third-order valence-electron chi connectivity index (χ3n) is 1.68. The van der Waals surface area contributed by atoms with E-state index in [1.165, 1.54) is 0 Å². The monoisotopic (exact) mass is 166 g/mol. The molecule has 1 atom stereocenters. The van der Waals surface area contributed by atoms with Gasteiger partial charge in [0.1, 0.15) is 0 Å². The molecule has 1 heterocycles. The molecular weight excluding hydrogens is 152 g/mol. The average Bonchev–Trinajstić information content (AvgIpc) is 2.57. The Hall–Kier alpha value is -0.930. The summed E-state index contributed by atoms with van der Waals surface area (Å²) < 4.78 is 0. The highest BCUT2D eigenvalue weighted by Gasteiger charge is 2.11. The molecule has 0 aromatic carbocycles. The quantitative estimate of drug-likeness (QED) is 0.506. The van der Waals surface area contributed by atoms with E-state index < -0.39 is 0 Å². The standard InChI is InChI=1S/C9H14N2O/c1-10-7-4-2-3-5-9-6-8-12-11-9/h2-4,7,9,11H,1,5-6,8H2/b3-2-,7-4-/t9-/m1/s1. The number of nitrogens with one attached hydrogen (secondary N) is 1. The van der Waals surface area contributed by atoms with E-state index >= 15 is 0 Å². The van der Waals surface area contributed by atoms with Crippen molar-refractivity contribution in [2.45, 2.75) is 18.9 Å². The molecule has 1 saturated heterocycles. The van der Waals surface area contributed by atoms with E-state index in [1.807, 2.05) is 12.2 Å². The van der Waals surface area contributed by atoms with Gasteiger partial charge in [-0.2, -0.15) is 5.48 Å². The van der Waals surface area contributed by atoms with E-state index in [0.717, 1.165) is 19.4 Å². The molecule has 0 unspecified atom stereocenters. The van der Waals surface area contributed by atoms with Gasteiger partial charge in [-0.25, -0.2) is 0 Å². The number of hydrogen-bond donors (Lipinski definition) is 1. The summed E-state index contributed by atoms with van der Waals surface area (Å²) in [5.74, 6) is 0.